The van der Waals surface area contributed by atoms with Crippen molar-refractivity contribution in [3.63, 3.8) is 0 Å². The van der Waals surface area contributed by atoms with Gasteiger partial charge in [-0.1, -0.05) is 12.1 Å². The topological polar surface area (TPSA) is 80.0 Å². The molecule has 24 heavy (non-hydrogen) atoms. The highest BCUT2D eigenvalue weighted by atomic mass is 32.1. The summed E-state index contributed by atoms with van der Waals surface area (Å²) < 4.78 is 5.20. The van der Waals surface area contributed by atoms with Gasteiger partial charge in [0.15, 0.2) is 5.82 Å². The first kappa shape index (κ1) is 15.5. The third kappa shape index (κ3) is 3.25. The molecule has 1 fully saturated rings. The summed E-state index contributed by atoms with van der Waals surface area (Å²) in [7, 11) is 0. The van der Waals surface area contributed by atoms with Gasteiger partial charge in [-0.2, -0.15) is 4.98 Å². The molecular formula is C16H20N6OS. The fourth-order valence-corrected chi connectivity index (χ4v) is 3.85. The molecule has 0 saturated carbocycles. The zero-order valence-corrected chi connectivity index (χ0v) is 14.4. The van der Waals surface area contributed by atoms with Gasteiger partial charge in [0.2, 0.25) is 5.89 Å². The van der Waals surface area contributed by atoms with Crippen LogP contribution < -0.4 is 5.32 Å². The van der Waals surface area contributed by atoms with Gasteiger partial charge in [-0.05, 0) is 30.8 Å². The molecule has 8 heteroatoms. The third-order valence-electron chi connectivity index (χ3n) is 4.29. The first-order valence-electron chi connectivity index (χ1n) is 8.30. The van der Waals surface area contributed by atoms with Gasteiger partial charge in [0.25, 0.3) is 0 Å². The SMILES string of the molecule is CCc1nc(CN2CCC[C@@H](Nc3ncnc4sccc34)C2)no1. The minimum absolute atomic E-state index is 0.370. The summed E-state index contributed by atoms with van der Waals surface area (Å²) in [6.07, 6.45) is 4.70. The Hall–Kier alpha value is -2.06. The summed E-state index contributed by atoms with van der Waals surface area (Å²) in [6, 6.07) is 2.45. The van der Waals surface area contributed by atoms with E-state index in [1.165, 1.54) is 0 Å². The molecule has 1 atom stereocenters. The first-order chi connectivity index (χ1) is 11.8. The van der Waals surface area contributed by atoms with Crippen LogP contribution in [0.4, 0.5) is 5.82 Å². The van der Waals surface area contributed by atoms with Crippen molar-refractivity contribution in [1.29, 1.82) is 0 Å². The van der Waals surface area contributed by atoms with Gasteiger partial charge in [0.05, 0.1) is 11.9 Å². The lowest BCUT2D eigenvalue weighted by atomic mass is 10.1. The standard InChI is InChI=1S/C16H20N6OS/c1-2-14-20-13(21-23-14)9-22-6-3-4-11(8-22)19-15-12-5-7-24-16(12)18-10-17-15/h5,7,10-11H,2-4,6,8-9H2,1H3,(H,17,18,19)/t11-/m1/s1. The zero-order chi connectivity index (χ0) is 16.4. The number of anilines is 1. The highest BCUT2D eigenvalue weighted by Gasteiger charge is 2.22. The van der Waals surface area contributed by atoms with Gasteiger partial charge in [-0.25, -0.2) is 9.97 Å². The van der Waals surface area contributed by atoms with Crippen LogP contribution in [0.25, 0.3) is 10.2 Å². The van der Waals surface area contributed by atoms with Gasteiger partial charge >= 0.3 is 0 Å². The van der Waals surface area contributed by atoms with Crippen molar-refractivity contribution in [3.8, 4) is 0 Å². The lowest BCUT2D eigenvalue weighted by Gasteiger charge is -2.32. The van der Waals surface area contributed by atoms with E-state index in [-0.39, 0.29) is 0 Å². The predicted molar refractivity (Wildman–Crippen MR) is 93.0 cm³/mol. The van der Waals surface area contributed by atoms with E-state index in [2.05, 4.69) is 41.8 Å². The van der Waals surface area contributed by atoms with Crippen LogP contribution in [0.1, 0.15) is 31.5 Å². The Labute approximate surface area is 144 Å². The van der Waals surface area contributed by atoms with Gasteiger partial charge in [0, 0.05) is 19.0 Å². The number of hydrogen-bond acceptors (Lipinski definition) is 8. The Kier molecular flexibility index (Phi) is 4.40. The molecule has 1 N–H and O–H groups in total. The molecule has 1 aliphatic heterocycles. The fourth-order valence-electron chi connectivity index (χ4n) is 3.11. The molecule has 1 saturated heterocycles. The van der Waals surface area contributed by atoms with Gasteiger partial charge < -0.3 is 9.84 Å². The number of aryl methyl sites for hydroxylation is 1. The lowest BCUT2D eigenvalue weighted by molar-refractivity contribution is 0.201. The third-order valence-corrected chi connectivity index (χ3v) is 5.11. The van der Waals surface area contributed by atoms with E-state index >= 15 is 0 Å². The highest BCUT2D eigenvalue weighted by molar-refractivity contribution is 7.16. The molecule has 0 spiro atoms. The Morgan fingerprint density at radius 3 is 3.25 bits per heavy atom. The highest BCUT2D eigenvalue weighted by Crippen LogP contribution is 2.25. The van der Waals surface area contributed by atoms with Crippen LogP contribution >= 0.6 is 11.3 Å². The van der Waals surface area contributed by atoms with E-state index < -0.39 is 0 Å². The number of piperidine rings is 1. The minimum Gasteiger partial charge on any atom is -0.365 e. The fraction of sp³-hybridized carbons (Fsp3) is 0.500. The largest absolute Gasteiger partial charge is 0.365 e. The normalized spacial score (nSPS) is 19.0. The van der Waals surface area contributed by atoms with E-state index in [9.17, 15) is 0 Å². The maximum atomic E-state index is 5.20. The summed E-state index contributed by atoms with van der Waals surface area (Å²) in [5.74, 6) is 2.41. The summed E-state index contributed by atoms with van der Waals surface area (Å²) >= 11 is 1.64. The monoisotopic (exact) mass is 344 g/mol. The molecule has 3 aromatic heterocycles. The molecule has 3 aromatic rings. The Morgan fingerprint density at radius 1 is 1.42 bits per heavy atom. The average Bonchev–Trinajstić information content (AvgIpc) is 3.24. The number of thiophene rings is 1. The zero-order valence-electron chi connectivity index (χ0n) is 13.6. The molecule has 0 aliphatic carbocycles. The summed E-state index contributed by atoms with van der Waals surface area (Å²) in [4.78, 5) is 16.5. The number of aromatic nitrogens is 4. The second kappa shape index (κ2) is 6.82. The van der Waals surface area contributed by atoms with E-state index in [1.807, 2.05) is 6.92 Å². The number of fused-ring (bicyclic) bond motifs is 1. The van der Waals surface area contributed by atoms with Crippen LogP contribution in [0.2, 0.25) is 0 Å². The summed E-state index contributed by atoms with van der Waals surface area (Å²) in [5.41, 5.74) is 0. The van der Waals surface area contributed by atoms with E-state index in [1.54, 1.807) is 17.7 Å². The van der Waals surface area contributed by atoms with Crippen LogP contribution in [0.3, 0.4) is 0 Å². The number of likely N-dealkylation sites (tertiary alicyclic amines) is 1. The van der Waals surface area contributed by atoms with Crippen molar-refractivity contribution in [3.05, 3.63) is 29.5 Å². The van der Waals surface area contributed by atoms with Crippen molar-refractivity contribution in [1.82, 2.24) is 25.0 Å². The number of rotatable bonds is 5. The molecule has 7 nitrogen and oxygen atoms in total. The van der Waals surface area contributed by atoms with Crippen molar-refractivity contribution in [2.45, 2.75) is 38.8 Å². The van der Waals surface area contributed by atoms with Crippen molar-refractivity contribution in [2.75, 3.05) is 18.4 Å². The lowest BCUT2D eigenvalue weighted by Crippen LogP contribution is -2.42. The number of hydrogen-bond donors (Lipinski definition) is 1. The number of nitrogens with zero attached hydrogens (tertiary/aromatic N) is 5. The predicted octanol–water partition coefficient (Wildman–Crippen LogP) is 2.71. The Bertz CT molecular complexity index is 816. The Morgan fingerprint density at radius 2 is 2.38 bits per heavy atom. The molecule has 0 unspecified atom stereocenters. The number of nitrogens with one attached hydrogen (secondary N) is 1. The smallest absolute Gasteiger partial charge is 0.226 e. The maximum absolute atomic E-state index is 5.20. The molecule has 4 rings (SSSR count). The Balaban J connectivity index is 1.42. The molecule has 1 aliphatic rings. The van der Waals surface area contributed by atoms with Crippen molar-refractivity contribution < 1.29 is 4.52 Å². The second-order valence-electron chi connectivity index (χ2n) is 6.04. The molecule has 4 heterocycles. The maximum Gasteiger partial charge on any atom is 0.226 e. The van der Waals surface area contributed by atoms with E-state index in [0.717, 1.165) is 60.8 Å². The minimum atomic E-state index is 0.370. The van der Waals surface area contributed by atoms with Crippen molar-refractivity contribution in [2.24, 2.45) is 0 Å². The van der Waals surface area contributed by atoms with E-state index in [0.29, 0.717) is 11.9 Å². The van der Waals surface area contributed by atoms with Gasteiger partial charge in [-0.3, -0.25) is 4.90 Å². The van der Waals surface area contributed by atoms with Gasteiger partial charge in [0.1, 0.15) is 17.0 Å². The van der Waals surface area contributed by atoms with Crippen LogP contribution in [0.5, 0.6) is 0 Å². The van der Waals surface area contributed by atoms with E-state index in [4.69, 9.17) is 4.52 Å². The molecule has 0 radical (unpaired) electrons. The van der Waals surface area contributed by atoms with Crippen LogP contribution in [-0.2, 0) is 13.0 Å². The molecule has 0 aromatic carbocycles. The van der Waals surface area contributed by atoms with Crippen LogP contribution in [0, 0.1) is 0 Å². The first-order valence-corrected chi connectivity index (χ1v) is 9.18. The average molecular weight is 344 g/mol. The molecule has 126 valence electrons. The van der Waals surface area contributed by atoms with Crippen LogP contribution in [-0.4, -0.2) is 44.1 Å². The van der Waals surface area contributed by atoms with Crippen LogP contribution in [0.15, 0.2) is 22.3 Å². The second-order valence-corrected chi connectivity index (χ2v) is 6.93. The molecule has 0 amide bonds. The summed E-state index contributed by atoms with van der Waals surface area (Å²) in [6.45, 7) is 4.77. The quantitative estimate of drug-likeness (QED) is 0.762. The molecule has 0 bridgehead atoms. The van der Waals surface area contributed by atoms with Gasteiger partial charge in [-0.15, -0.1) is 11.3 Å². The van der Waals surface area contributed by atoms with Crippen molar-refractivity contribution >= 4 is 27.4 Å². The summed E-state index contributed by atoms with van der Waals surface area (Å²) in [5, 5.41) is 10.8. The molecular weight excluding hydrogens is 324 g/mol.